The van der Waals surface area contributed by atoms with Crippen LogP contribution in [-0.2, 0) is 4.79 Å². The molecule has 1 atom stereocenters. The van der Waals surface area contributed by atoms with E-state index in [0.29, 0.717) is 33.1 Å². The Labute approximate surface area is 140 Å². The number of rotatable bonds is 4. The Bertz CT molecular complexity index is 775. The number of phenols is 1. The molecule has 8 heteroatoms. The Hall–Kier alpha value is -1.67. The predicted molar refractivity (Wildman–Crippen MR) is 90.1 cm³/mol. The smallest absolute Gasteiger partial charge is 0.329 e. The number of benzene rings is 1. The van der Waals surface area contributed by atoms with Gasteiger partial charge in [-0.1, -0.05) is 25.6 Å². The number of thioether (sulfide) groups is 1. The number of aliphatic imine (C=N–C) groups is 1. The maximum absolute atomic E-state index is 13.4. The normalized spacial score (nSPS) is 20.0. The number of aliphatic carboxylic acids is 1. The van der Waals surface area contributed by atoms with Crippen LogP contribution in [0.1, 0.15) is 31.7 Å². The minimum absolute atomic E-state index is 0.423. The van der Waals surface area contributed by atoms with Crippen molar-refractivity contribution >= 4 is 44.3 Å². The fourth-order valence-corrected chi connectivity index (χ4v) is 5.05. The number of fused-ring (bicyclic) bond motifs is 1. The van der Waals surface area contributed by atoms with Gasteiger partial charge in [0.25, 0.3) is 0 Å². The van der Waals surface area contributed by atoms with Gasteiger partial charge in [0, 0.05) is 12.1 Å². The van der Waals surface area contributed by atoms with Crippen molar-refractivity contribution < 1.29 is 19.4 Å². The van der Waals surface area contributed by atoms with Crippen LogP contribution < -0.4 is 0 Å². The number of halogens is 1. The summed E-state index contributed by atoms with van der Waals surface area (Å²) in [7, 11) is 0. The highest BCUT2D eigenvalue weighted by Crippen LogP contribution is 2.46. The molecule has 0 amide bonds. The maximum Gasteiger partial charge on any atom is 0.329 e. The zero-order chi connectivity index (χ0) is 16.8. The predicted octanol–water partition coefficient (Wildman–Crippen LogP) is 3.65. The standard InChI is InChI=1S/C15H15FN2O3S2/c1-3-15(4-2)11(14(20)21)18-13(23-15)12-17-8-5-7(16)9(19)6-10(8)22-12/h5-6,11,19H,3-4H2,1-2H3,(H,20,21). The fraction of sp³-hybridized carbons (Fsp3) is 0.400. The molecule has 23 heavy (non-hydrogen) atoms. The van der Waals surface area contributed by atoms with Gasteiger partial charge in [-0.25, -0.2) is 14.2 Å². The molecule has 1 aromatic carbocycles. The number of carboxylic acids is 1. The number of hydrogen-bond donors (Lipinski definition) is 2. The number of hydrogen-bond acceptors (Lipinski definition) is 6. The lowest BCUT2D eigenvalue weighted by molar-refractivity contribution is -0.139. The Morgan fingerprint density at radius 3 is 2.65 bits per heavy atom. The molecule has 1 aromatic heterocycles. The Morgan fingerprint density at radius 2 is 2.09 bits per heavy atom. The molecule has 3 rings (SSSR count). The van der Waals surface area contributed by atoms with Crippen LogP contribution in [0.2, 0.25) is 0 Å². The molecule has 1 aliphatic heterocycles. The Morgan fingerprint density at radius 1 is 1.39 bits per heavy atom. The van der Waals surface area contributed by atoms with Crippen molar-refractivity contribution in [2.24, 2.45) is 4.99 Å². The van der Waals surface area contributed by atoms with Crippen molar-refractivity contribution in [1.82, 2.24) is 4.98 Å². The van der Waals surface area contributed by atoms with E-state index < -0.39 is 28.3 Å². The molecule has 2 heterocycles. The summed E-state index contributed by atoms with van der Waals surface area (Å²) >= 11 is 2.70. The first-order valence-electron chi connectivity index (χ1n) is 7.19. The molecule has 0 spiro atoms. The lowest BCUT2D eigenvalue weighted by Gasteiger charge is -2.28. The number of phenolic OH excluding ortho intramolecular Hbond substituents is 1. The van der Waals surface area contributed by atoms with E-state index in [9.17, 15) is 19.4 Å². The average molecular weight is 354 g/mol. The van der Waals surface area contributed by atoms with Crippen LogP contribution >= 0.6 is 23.1 Å². The third-order valence-corrected chi connectivity index (χ3v) is 6.97. The van der Waals surface area contributed by atoms with Crippen molar-refractivity contribution in [2.75, 3.05) is 0 Å². The van der Waals surface area contributed by atoms with E-state index in [4.69, 9.17) is 0 Å². The van der Waals surface area contributed by atoms with E-state index in [1.165, 1.54) is 35.2 Å². The van der Waals surface area contributed by atoms with Crippen LogP contribution in [0, 0.1) is 5.82 Å². The Balaban J connectivity index is 2.05. The minimum Gasteiger partial charge on any atom is -0.505 e. The molecular formula is C15H15FN2O3S2. The van der Waals surface area contributed by atoms with Gasteiger partial charge in [0.05, 0.1) is 15.0 Å². The molecule has 1 unspecified atom stereocenters. The summed E-state index contributed by atoms with van der Waals surface area (Å²) in [6.07, 6.45) is 1.36. The highest BCUT2D eigenvalue weighted by atomic mass is 32.2. The number of aromatic hydroxyl groups is 1. The molecule has 0 radical (unpaired) electrons. The van der Waals surface area contributed by atoms with Gasteiger partial charge in [0.1, 0.15) is 10.1 Å². The van der Waals surface area contributed by atoms with E-state index in [2.05, 4.69) is 9.98 Å². The summed E-state index contributed by atoms with van der Waals surface area (Å²) in [5, 5.41) is 20.1. The average Bonchev–Trinajstić information content (AvgIpc) is 3.09. The molecule has 5 nitrogen and oxygen atoms in total. The zero-order valence-electron chi connectivity index (χ0n) is 12.5. The second-order valence-corrected chi connectivity index (χ2v) is 7.77. The summed E-state index contributed by atoms with van der Waals surface area (Å²) in [5.41, 5.74) is 0.431. The van der Waals surface area contributed by atoms with E-state index in [0.717, 1.165) is 0 Å². The van der Waals surface area contributed by atoms with Gasteiger partial charge in [-0.3, -0.25) is 4.99 Å². The highest BCUT2D eigenvalue weighted by Gasteiger charge is 2.47. The van der Waals surface area contributed by atoms with Crippen molar-refractivity contribution in [3.63, 3.8) is 0 Å². The second kappa shape index (κ2) is 5.76. The summed E-state index contributed by atoms with van der Waals surface area (Å²) in [6, 6.07) is 1.69. The van der Waals surface area contributed by atoms with E-state index in [1.807, 2.05) is 13.8 Å². The van der Waals surface area contributed by atoms with Gasteiger partial charge in [0.2, 0.25) is 0 Å². The molecular weight excluding hydrogens is 339 g/mol. The first-order valence-corrected chi connectivity index (χ1v) is 8.82. The van der Waals surface area contributed by atoms with Crippen molar-refractivity contribution in [3.05, 3.63) is 23.0 Å². The van der Waals surface area contributed by atoms with Gasteiger partial charge in [-0.05, 0) is 12.8 Å². The number of carboxylic acid groups (broad SMARTS) is 1. The maximum atomic E-state index is 13.4. The summed E-state index contributed by atoms with van der Waals surface area (Å²) in [6.45, 7) is 3.91. The lowest BCUT2D eigenvalue weighted by atomic mass is 9.93. The second-order valence-electron chi connectivity index (χ2n) is 5.34. The van der Waals surface area contributed by atoms with Crippen LogP contribution in [0.3, 0.4) is 0 Å². The van der Waals surface area contributed by atoms with Crippen molar-refractivity contribution in [1.29, 1.82) is 0 Å². The molecule has 0 aliphatic carbocycles. The number of thiazole rings is 1. The summed E-state index contributed by atoms with van der Waals surface area (Å²) < 4.78 is 13.6. The summed E-state index contributed by atoms with van der Waals surface area (Å²) in [5.74, 6) is -2.09. The molecule has 0 fully saturated rings. The number of aromatic nitrogens is 1. The molecule has 2 aromatic rings. The topological polar surface area (TPSA) is 82.8 Å². The van der Waals surface area contributed by atoms with E-state index in [1.54, 1.807) is 0 Å². The Kier molecular flexibility index (Phi) is 4.05. The van der Waals surface area contributed by atoms with Gasteiger partial charge < -0.3 is 10.2 Å². The minimum atomic E-state index is -0.944. The lowest BCUT2D eigenvalue weighted by Crippen LogP contribution is -2.39. The highest BCUT2D eigenvalue weighted by molar-refractivity contribution is 8.16. The van der Waals surface area contributed by atoms with Crippen LogP contribution in [0.5, 0.6) is 5.75 Å². The third-order valence-electron chi connectivity index (χ3n) is 4.12. The first kappa shape index (κ1) is 16.2. The monoisotopic (exact) mass is 354 g/mol. The molecule has 0 saturated carbocycles. The van der Waals surface area contributed by atoms with Crippen molar-refractivity contribution in [2.45, 2.75) is 37.5 Å². The van der Waals surface area contributed by atoms with Crippen LogP contribution in [0.4, 0.5) is 4.39 Å². The van der Waals surface area contributed by atoms with Gasteiger partial charge in [0.15, 0.2) is 17.6 Å². The van der Waals surface area contributed by atoms with Crippen LogP contribution in [0.15, 0.2) is 17.1 Å². The third kappa shape index (κ3) is 2.59. The van der Waals surface area contributed by atoms with E-state index in [-0.39, 0.29) is 0 Å². The summed E-state index contributed by atoms with van der Waals surface area (Å²) in [4.78, 5) is 20.3. The van der Waals surface area contributed by atoms with Crippen molar-refractivity contribution in [3.8, 4) is 5.75 Å². The van der Waals surface area contributed by atoms with Gasteiger partial charge in [-0.15, -0.1) is 11.3 Å². The fourth-order valence-electron chi connectivity index (χ4n) is 2.70. The van der Waals surface area contributed by atoms with Gasteiger partial charge in [-0.2, -0.15) is 0 Å². The first-order chi connectivity index (χ1) is 10.9. The molecule has 122 valence electrons. The van der Waals surface area contributed by atoms with Crippen LogP contribution in [-0.4, -0.2) is 37.0 Å². The van der Waals surface area contributed by atoms with Gasteiger partial charge >= 0.3 is 5.97 Å². The van der Waals surface area contributed by atoms with Crippen LogP contribution in [0.25, 0.3) is 10.2 Å². The number of nitrogens with zero attached hydrogens (tertiary/aromatic N) is 2. The molecule has 2 N–H and O–H groups in total. The molecule has 0 saturated heterocycles. The quantitative estimate of drug-likeness (QED) is 0.876. The SMILES string of the molecule is CCC1(CC)SC(c2nc3cc(F)c(O)cc3s2)=NC1C(=O)O. The molecule has 1 aliphatic rings. The van der Waals surface area contributed by atoms with E-state index >= 15 is 0 Å². The largest absolute Gasteiger partial charge is 0.505 e. The zero-order valence-corrected chi connectivity index (χ0v) is 14.2. The number of carbonyl (C=O) groups is 1. The molecule has 0 bridgehead atoms.